The topological polar surface area (TPSA) is 102 Å². The van der Waals surface area contributed by atoms with Gasteiger partial charge in [0, 0.05) is 31.8 Å². The molecule has 9 heteroatoms. The third-order valence-electron chi connectivity index (χ3n) is 4.06. The van der Waals surface area contributed by atoms with E-state index in [9.17, 15) is 4.79 Å². The van der Waals surface area contributed by atoms with Crippen LogP contribution in [0.1, 0.15) is 24.3 Å². The standard InChI is InChI=1S/C17H21N7O2/c1-5-14-20-21-15(26-14)9-23(3)17(25)19-13-8-6-7-12(11(13)2)16-22-18-10-24(16)4/h6-8,10H,5,9H2,1-4H3,(H,19,25). The highest BCUT2D eigenvalue weighted by atomic mass is 16.4. The minimum atomic E-state index is -0.264. The quantitative estimate of drug-likeness (QED) is 0.754. The van der Waals surface area contributed by atoms with E-state index in [4.69, 9.17) is 4.42 Å². The molecule has 0 aliphatic carbocycles. The predicted molar refractivity (Wildman–Crippen MR) is 95.3 cm³/mol. The van der Waals surface area contributed by atoms with Crippen molar-refractivity contribution in [3.63, 3.8) is 0 Å². The van der Waals surface area contributed by atoms with Gasteiger partial charge in [0.1, 0.15) is 12.9 Å². The molecule has 0 saturated carbocycles. The maximum absolute atomic E-state index is 12.5. The van der Waals surface area contributed by atoms with Crippen LogP contribution in [-0.2, 0) is 20.0 Å². The smallest absolute Gasteiger partial charge is 0.322 e. The van der Waals surface area contributed by atoms with Gasteiger partial charge in [0.25, 0.3) is 0 Å². The molecule has 0 bridgehead atoms. The minimum absolute atomic E-state index is 0.237. The molecule has 0 spiro atoms. The highest BCUT2D eigenvalue weighted by Gasteiger charge is 2.16. The van der Waals surface area contributed by atoms with E-state index in [-0.39, 0.29) is 12.6 Å². The molecule has 0 saturated heterocycles. The molecule has 0 aliphatic rings. The van der Waals surface area contributed by atoms with Crippen molar-refractivity contribution in [3.05, 3.63) is 41.9 Å². The summed E-state index contributed by atoms with van der Waals surface area (Å²) in [7, 11) is 3.55. The highest BCUT2D eigenvalue weighted by molar-refractivity contribution is 5.91. The number of aryl methyl sites for hydroxylation is 2. The number of urea groups is 1. The van der Waals surface area contributed by atoms with Crippen LogP contribution in [0.15, 0.2) is 28.9 Å². The zero-order valence-electron chi connectivity index (χ0n) is 15.2. The molecule has 0 aliphatic heterocycles. The average molecular weight is 355 g/mol. The number of nitrogens with zero attached hydrogens (tertiary/aromatic N) is 6. The van der Waals surface area contributed by atoms with E-state index in [1.807, 2.05) is 43.7 Å². The summed E-state index contributed by atoms with van der Waals surface area (Å²) < 4.78 is 7.28. The van der Waals surface area contributed by atoms with Gasteiger partial charge in [0.05, 0.1) is 0 Å². The molecule has 1 aromatic carbocycles. The Morgan fingerprint density at radius 2 is 2.04 bits per heavy atom. The molecular weight excluding hydrogens is 334 g/mol. The first-order chi connectivity index (χ1) is 12.5. The number of carbonyl (C=O) groups excluding carboxylic acids is 1. The lowest BCUT2D eigenvalue weighted by Crippen LogP contribution is -2.31. The van der Waals surface area contributed by atoms with Gasteiger partial charge >= 0.3 is 6.03 Å². The first kappa shape index (κ1) is 17.6. The van der Waals surface area contributed by atoms with E-state index in [1.165, 1.54) is 4.90 Å². The number of aromatic nitrogens is 5. The van der Waals surface area contributed by atoms with E-state index in [0.717, 1.165) is 17.0 Å². The van der Waals surface area contributed by atoms with E-state index in [0.29, 0.717) is 23.9 Å². The van der Waals surface area contributed by atoms with Crippen LogP contribution in [-0.4, -0.2) is 42.9 Å². The second kappa shape index (κ2) is 7.34. The first-order valence-corrected chi connectivity index (χ1v) is 8.27. The maximum Gasteiger partial charge on any atom is 0.322 e. The Hall–Kier alpha value is -3.23. The second-order valence-electron chi connectivity index (χ2n) is 5.97. The van der Waals surface area contributed by atoms with Crippen molar-refractivity contribution in [2.75, 3.05) is 12.4 Å². The Kier molecular flexibility index (Phi) is 4.97. The molecule has 0 unspecified atom stereocenters. The van der Waals surface area contributed by atoms with Gasteiger partial charge in [0.15, 0.2) is 5.82 Å². The van der Waals surface area contributed by atoms with E-state index < -0.39 is 0 Å². The summed E-state index contributed by atoms with van der Waals surface area (Å²) in [5.74, 6) is 1.70. The Labute approximate surface area is 151 Å². The molecule has 2 heterocycles. The van der Waals surface area contributed by atoms with Crippen molar-refractivity contribution in [2.24, 2.45) is 7.05 Å². The number of hydrogen-bond acceptors (Lipinski definition) is 6. The molecule has 0 radical (unpaired) electrons. The van der Waals surface area contributed by atoms with Gasteiger partial charge in [-0.3, -0.25) is 0 Å². The van der Waals surface area contributed by atoms with Crippen molar-refractivity contribution in [2.45, 2.75) is 26.8 Å². The number of rotatable bonds is 5. The number of benzene rings is 1. The Morgan fingerprint density at radius 3 is 2.69 bits per heavy atom. The molecule has 136 valence electrons. The molecule has 26 heavy (non-hydrogen) atoms. The lowest BCUT2D eigenvalue weighted by atomic mass is 10.1. The summed E-state index contributed by atoms with van der Waals surface area (Å²) in [5.41, 5.74) is 2.54. The van der Waals surface area contributed by atoms with Crippen molar-refractivity contribution >= 4 is 11.7 Å². The van der Waals surface area contributed by atoms with E-state index in [2.05, 4.69) is 25.7 Å². The van der Waals surface area contributed by atoms with Crippen LogP contribution < -0.4 is 5.32 Å². The van der Waals surface area contributed by atoms with Crippen LogP contribution in [0.5, 0.6) is 0 Å². The second-order valence-corrected chi connectivity index (χ2v) is 5.97. The van der Waals surface area contributed by atoms with Crippen LogP contribution in [0, 0.1) is 6.92 Å². The number of nitrogens with one attached hydrogen (secondary N) is 1. The molecule has 2 aromatic heterocycles. The summed E-state index contributed by atoms with van der Waals surface area (Å²) in [6.07, 6.45) is 2.31. The number of hydrogen-bond donors (Lipinski definition) is 1. The maximum atomic E-state index is 12.5. The fourth-order valence-electron chi connectivity index (χ4n) is 2.52. The summed E-state index contributed by atoms with van der Waals surface area (Å²) in [4.78, 5) is 14.0. The van der Waals surface area contributed by atoms with Gasteiger partial charge in [-0.25, -0.2) is 4.79 Å². The Bertz CT molecular complexity index is 915. The van der Waals surface area contributed by atoms with E-state index in [1.54, 1.807) is 13.4 Å². The summed E-state index contributed by atoms with van der Waals surface area (Å²) >= 11 is 0. The van der Waals surface area contributed by atoms with Gasteiger partial charge in [-0.1, -0.05) is 19.1 Å². The summed E-state index contributed by atoms with van der Waals surface area (Å²) in [5, 5.41) is 18.8. The number of anilines is 1. The van der Waals surface area contributed by atoms with Gasteiger partial charge in [0.2, 0.25) is 11.8 Å². The largest absolute Gasteiger partial charge is 0.423 e. The molecule has 3 rings (SSSR count). The Balaban J connectivity index is 1.74. The predicted octanol–water partition coefficient (Wildman–Crippen LogP) is 2.40. The molecule has 9 nitrogen and oxygen atoms in total. The summed E-state index contributed by atoms with van der Waals surface area (Å²) in [6.45, 7) is 4.10. The molecule has 0 atom stereocenters. The molecule has 1 N–H and O–H groups in total. The molecule has 3 aromatic rings. The van der Waals surface area contributed by atoms with Crippen LogP contribution >= 0.6 is 0 Å². The van der Waals surface area contributed by atoms with Gasteiger partial charge < -0.3 is 19.2 Å². The van der Waals surface area contributed by atoms with Crippen LogP contribution in [0.4, 0.5) is 10.5 Å². The highest BCUT2D eigenvalue weighted by Crippen LogP contribution is 2.27. The van der Waals surface area contributed by atoms with Crippen molar-refractivity contribution in [3.8, 4) is 11.4 Å². The van der Waals surface area contributed by atoms with Crippen molar-refractivity contribution in [1.29, 1.82) is 0 Å². The number of amides is 2. The fourth-order valence-corrected chi connectivity index (χ4v) is 2.52. The molecular formula is C17H21N7O2. The third-order valence-corrected chi connectivity index (χ3v) is 4.06. The lowest BCUT2D eigenvalue weighted by Gasteiger charge is -2.18. The van der Waals surface area contributed by atoms with Gasteiger partial charge in [-0.15, -0.1) is 20.4 Å². The van der Waals surface area contributed by atoms with Gasteiger partial charge in [-0.05, 0) is 18.6 Å². The van der Waals surface area contributed by atoms with E-state index >= 15 is 0 Å². The zero-order valence-corrected chi connectivity index (χ0v) is 15.2. The molecule has 0 fully saturated rings. The SMILES string of the molecule is CCc1nnc(CN(C)C(=O)Nc2cccc(-c3nncn3C)c2C)o1. The van der Waals surface area contributed by atoms with Crippen molar-refractivity contribution < 1.29 is 9.21 Å². The average Bonchev–Trinajstić information content (AvgIpc) is 3.25. The first-order valence-electron chi connectivity index (χ1n) is 8.27. The van der Waals surface area contributed by atoms with Crippen LogP contribution in [0.25, 0.3) is 11.4 Å². The summed E-state index contributed by atoms with van der Waals surface area (Å²) in [6, 6.07) is 5.41. The normalized spacial score (nSPS) is 10.8. The lowest BCUT2D eigenvalue weighted by molar-refractivity contribution is 0.215. The monoisotopic (exact) mass is 355 g/mol. The fraction of sp³-hybridized carbons (Fsp3) is 0.353. The van der Waals surface area contributed by atoms with Crippen LogP contribution in [0.2, 0.25) is 0 Å². The van der Waals surface area contributed by atoms with Crippen molar-refractivity contribution in [1.82, 2.24) is 29.9 Å². The third kappa shape index (κ3) is 3.56. The van der Waals surface area contributed by atoms with Gasteiger partial charge in [-0.2, -0.15) is 0 Å². The number of carbonyl (C=O) groups is 1. The molecule has 2 amide bonds. The minimum Gasteiger partial charge on any atom is -0.423 e. The van der Waals surface area contributed by atoms with Crippen LogP contribution in [0.3, 0.4) is 0 Å². The Morgan fingerprint density at radius 1 is 1.27 bits per heavy atom. The zero-order chi connectivity index (χ0) is 18.7.